The van der Waals surface area contributed by atoms with E-state index in [2.05, 4.69) is 4.98 Å². The van der Waals surface area contributed by atoms with Gasteiger partial charge in [-0.3, -0.25) is 4.98 Å². The minimum Gasteiger partial charge on any atom is -0.264 e. The summed E-state index contributed by atoms with van der Waals surface area (Å²) in [4.78, 5) is 4.11. The molecule has 0 spiro atoms. The van der Waals surface area contributed by atoms with Crippen molar-refractivity contribution in [1.82, 2.24) is 4.98 Å². The number of benzene rings is 2. The normalized spacial score (nSPS) is 10.9. The molecule has 3 rings (SSSR count). The van der Waals surface area contributed by atoms with Gasteiger partial charge in [0.25, 0.3) is 0 Å². The molecule has 1 nitrogen and oxygen atoms in total. The maximum Gasteiger partial charge on any atom is 0.123 e. The minimum atomic E-state index is -0.272. The van der Waals surface area contributed by atoms with Crippen LogP contribution in [0.1, 0.15) is 0 Å². The average Bonchev–Trinajstić information content (AvgIpc) is 2.44. The first kappa shape index (κ1) is 12.4. The molecule has 94 valence electrons. The van der Waals surface area contributed by atoms with Gasteiger partial charge in [0, 0.05) is 23.2 Å². The van der Waals surface area contributed by atoms with Crippen LogP contribution >= 0.6 is 23.2 Å². The van der Waals surface area contributed by atoms with Gasteiger partial charge in [-0.05, 0) is 35.4 Å². The third kappa shape index (κ3) is 2.18. The standard InChI is InChI=1S/C15H8Cl2FN/c16-14-7-12(9-1-3-10(18)4-2-9)13-8-19-6-5-11(13)15(14)17/h1-8H. The second-order valence-electron chi connectivity index (χ2n) is 4.15. The van der Waals surface area contributed by atoms with Gasteiger partial charge >= 0.3 is 0 Å². The molecule has 0 N–H and O–H groups in total. The molecule has 4 heteroatoms. The lowest BCUT2D eigenvalue weighted by molar-refractivity contribution is 0.628. The summed E-state index contributed by atoms with van der Waals surface area (Å²) in [5.41, 5.74) is 1.76. The molecule has 0 aliphatic rings. The molecule has 0 atom stereocenters. The third-order valence-corrected chi connectivity index (χ3v) is 3.79. The molecule has 0 unspecified atom stereocenters. The van der Waals surface area contributed by atoms with E-state index < -0.39 is 0 Å². The largest absolute Gasteiger partial charge is 0.264 e. The Bertz CT molecular complexity index is 754. The average molecular weight is 292 g/mol. The van der Waals surface area contributed by atoms with Crippen molar-refractivity contribution in [3.05, 3.63) is 64.7 Å². The van der Waals surface area contributed by atoms with Crippen LogP contribution in [0.3, 0.4) is 0 Å². The molecule has 0 fully saturated rings. The minimum absolute atomic E-state index is 0.272. The SMILES string of the molecule is Fc1ccc(-c2cc(Cl)c(Cl)c3ccncc23)cc1. The first-order chi connectivity index (χ1) is 9.16. The molecule has 0 saturated heterocycles. The molecule has 0 aliphatic heterocycles. The fourth-order valence-electron chi connectivity index (χ4n) is 2.07. The molecular formula is C15H8Cl2FN. The van der Waals surface area contributed by atoms with Crippen LogP contribution in [0.25, 0.3) is 21.9 Å². The number of hydrogen-bond donors (Lipinski definition) is 0. The summed E-state index contributed by atoms with van der Waals surface area (Å²) in [6.07, 6.45) is 3.40. The number of halogens is 3. The van der Waals surface area contributed by atoms with Crippen molar-refractivity contribution in [3.63, 3.8) is 0 Å². The molecule has 1 aromatic heterocycles. The van der Waals surface area contributed by atoms with Crippen molar-refractivity contribution < 1.29 is 4.39 Å². The van der Waals surface area contributed by atoms with E-state index in [9.17, 15) is 4.39 Å². The van der Waals surface area contributed by atoms with Gasteiger partial charge in [0.15, 0.2) is 0 Å². The lowest BCUT2D eigenvalue weighted by Gasteiger charge is -2.09. The highest BCUT2D eigenvalue weighted by Gasteiger charge is 2.11. The second kappa shape index (κ2) is 4.80. The van der Waals surface area contributed by atoms with E-state index in [0.29, 0.717) is 10.0 Å². The zero-order chi connectivity index (χ0) is 13.4. The van der Waals surface area contributed by atoms with Gasteiger partial charge in [0.2, 0.25) is 0 Å². The quantitative estimate of drug-likeness (QED) is 0.589. The predicted molar refractivity (Wildman–Crippen MR) is 77.2 cm³/mol. The Kier molecular flexibility index (Phi) is 3.13. The van der Waals surface area contributed by atoms with Crippen LogP contribution in [0.15, 0.2) is 48.8 Å². The van der Waals surface area contributed by atoms with Crippen LogP contribution in [-0.2, 0) is 0 Å². The van der Waals surface area contributed by atoms with Crippen molar-refractivity contribution >= 4 is 34.0 Å². The summed E-state index contributed by atoms with van der Waals surface area (Å²) < 4.78 is 13.0. The molecule has 19 heavy (non-hydrogen) atoms. The maximum absolute atomic E-state index is 13.0. The van der Waals surface area contributed by atoms with Crippen LogP contribution in [-0.4, -0.2) is 4.98 Å². The van der Waals surface area contributed by atoms with Crippen LogP contribution < -0.4 is 0 Å². The number of pyridine rings is 1. The Morgan fingerprint density at radius 2 is 1.68 bits per heavy atom. The van der Waals surface area contributed by atoms with Crippen molar-refractivity contribution in [1.29, 1.82) is 0 Å². The zero-order valence-electron chi connectivity index (χ0n) is 9.70. The molecule has 0 radical (unpaired) electrons. The van der Waals surface area contributed by atoms with Crippen LogP contribution in [0, 0.1) is 5.82 Å². The van der Waals surface area contributed by atoms with Gasteiger partial charge in [0.1, 0.15) is 5.82 Å². The highest BCUT2D eigenvalue weighted by atomic mass is 35.5. The zero-order valence-corrected chi connectivity index (χ0v) is 11.2. The molecule has 0 bridgehead atoms. The van der Waals surface area contributed by atoms with Gasteiger partial charge in [-0.15, -0.1) is 0 Å². The lowest BCUT2D eigenvalue weighted by atomic mass is 10.00. The number of nitrogens with zero attached hydrogens (tertiary/aromatic N) is 1. The predicted octanol–water partition coefficient (Wildman–Crippen LogP) is 5.35. The maximum atomic E-state index is 13.0. The Labute approximate surface area is 119 Å². The Hall–Kier alpha value is -1.64. The summed E-state index contributed by atoms with van der Waals surface area (Å²) >= 11 is 12.3. The van der Waals surface area contributed by atoms with Crippen LogP contribution in [0.4, 0.5) is 4.39 Å². The van der Waals surface area contributed by atoms with Gasteiger partial charge in [-0.2, -0.15) is 0 Å². The highest BCUT2D eigenvalue weighted by molar-refractivity contribution is 6.45. The van der Waals surface area contributed by atoms with Gasteiger partial charge in [-0.1, -0.05) is 35.3 Å². The first-order valence-electron chi connectivity index (χ1n) is 5.64. The van der Waals surface area contributed by atoms with Crippen molar-refractivity contribution in [2.45, 2.75) is 0 Å². The Morgan fingerprint density at radius 3 is 2.42 bits per heavy atom. The van der Waals surface area contributed by atoms with E-state index in [-0.39, 0.29) is 5.82 Å². The van der Waals surface area contributed by atoms with Gasteiger partial charge in [0.05, 0.1) is 10.0 Å². The number of aromatic nitrogens is 1. The van der Waals surface area contributed by atoms with E-state index in [1.165, 1.54) is 12.1 Å². The molecule has 0 aliphatic carbocycles. The molecule has 3 aromatic rings. The van der Waals surface area contributed by atoms with E-state index in [4.69, 9.17) is 23.2 Å². The summed E-state index contributed by atoms with van der Waals surface area (Å²) in [6.45, 7) is 0. The highest BCUT2D eigenvalue weighted by Crippen LogP contribution is 2.37. The third-order valence-electron chi connectivity index (χ3n) is 2.98. The fourth-order valence-corrected chi connectivity index (χ4v) is 2.50. The topological polar surface area (TPSA) is 12.9 Å². The van der Waals surface area contributed by atoms with E-state index in [0.717, 1.165) is 21.9 Å². The van der Waals surface area contributed by atoms with Gasteiger partial charge in [-0.25, -0.2) is 4.39 Å². The van der Waals surface area contributed by atoms with E-state index in [1.807, 2.05) is 6.07 Å². The van der Waals surface area contributed by atoms with E-state index >= 15 is 0 Å². The summed E-state index contributed by atoms with van der Waals surface area (Å²) in [7, 11) is 0. The van der Waals surface area contributed by atoms with Crippen molar-refractivity contribution in [2.75, 3.05) is 0 Å². The molecule has 2 aromatic carbocycles. The van der Waals surface area contributed by atoms with E-state index in [1.54, 1.807) is 30.6 Å². The molecular weight excluding hydrogens is 284 g/mol. The van der Waals surface area contributed by atoms with Crippen molar-refractivity contribution in [2.24, 2.45) is 0 Å². The summed E-state index contributed by atoms with van der Waals surface area (Å²) in [6, 6.07) is 9.85. The first-order valence-corrected chi connectivity index (χ1v) is 6.40. The molecule has 1 heterocycles. The van der Waals surface area contributed by atoms with Crippen LogP contribution in [0.5, 0.6) is 0 Å². The fraction of sp³-hybridized carbons (Fsp3) is 0. The molecule has 0 saturated carbocycles. The number of hydrogen-bond acceptors (Lipinski definition) is 1. The molecule has 0 amide bonds. The van der Waals surface area contributed by atoms with Crippen molar-refractivity contribution in [3.8, 4) is 11.1 Å². The Balaban J connectivity index is 2.35. The second-order valence-corrected chi connectivity index (χ2v) is 4.93. The number of fused-ring (bicyclic) bond motifs is 1. The summed E-state index contributed by atoms with van der Waals surface area (Å²) in [5, 5.41) is 2.71. The monoisotopic (exact) mass is 291 g/mol. The number of rotatable bonds is 1. The lowest BCUT2D eigenvalue weighted by Crippen LogP contribution is -1.85. The smallest absolute Gasteiger partial charge is 0.123 e. The summed E-state index contributed by atoms with van der Waals surface area (Å²) in [5.74, 6) is -0.272. The van der Waals surface area contributed by atoms with Gasteiger partial charge < -0.3 is 0 Å². The Morgan fingerprint density at radius 1 is 0.947 bits per heavy atom. The van der Waals surface area contributed by atoms with Crippen LogP contribution in [0.2, 0.25) is 10.0 Å².